The van der Waals surface area contributed by atoms with Crippen molar-refractivity contribution < 1.29 is 22.7 Å². The molecule has 0 saturated heterocycles. The summed E-state index contributed by atoms with van der Waals surface area (Å²) in [7, 11) is -3.99. The van der Waals surface area contributed by atoms with Crippen molar-refractivity contribution in [1.29, 1.82) is 0 Å². The van der Waals surface area contributed by atoms with E-state index < -0.39 is 40.5 Å². The molecule has 0 aromatic heterocycles. The number of halogens is 2. The molecule has 7 nitrogen and oxygen atoms in total. The van der Waals surface area contributed by atoms with Gasteiger partial charge in [-0.05, 0) is 54.8 Å². The lowest BCUT2D eigenvalue weighted by Crippen LogP contribution is -2.45. The van der Waals surface area contributed by atoms with Gasteiger partial charge in [0.2, 0.25) is 10.0 Å². The first-order chi connectivity index (χ1) is 14.0. The van der Waals surface area contributed by atoms with Crippen molar-refractivity contribution in [1.82, 2.24) is 4.72 Å². The van der Waals surface area contributed by atoms with Crippen LogP contribution in [0.3, 0.4) is 0 Å². The lowest BCUT2D eigenvalue weighted by molar-refractivity contribution is -0.150. The molecule has 0 aliphatic rings. The van der Waals surface area contributed by atoms with E-state index in [0.717, 1.165) is 5.56 Å². The number of hydrogen-bond donors (Lipinski definition) is 2. The van der Waals surface area contributed by atoms with Gasteiger partial charge in [0.15, 0.2) is 6.61 Å². The maximum Gasteiger partial charge on any atom is 0.324 e. The summed E-state index contributed by atoms with van der Waals surface area (Å²) in [6.45, 7) is 4.57. The molecule has 2 aromatic carbocycles. The van der Waals surface area contributed by atoms with Crippen LogP contribution < -0.4 is 10.0 Å². The molecule has 30 heavy (non-hydrogen) atoms. The van der Waals surface area contributed by atoms with Crippen molar-refractivity contribution in [2.45, 2.75) is 31.7 Å². The van der Waals surface area contributed by atoms with Crippen molar-refractivity contribution in [3.05, 3.63) is 58.1 Å². The Kier molecular flexibility index (Phi) is 8.25. The SMILES string of the molecule is Cc1ccc(NC(=O)COC(=O)C(NS(=O)(=O)c2ccc(Cl)cc2)C(C)C)cc1Cl. The third kappa shape index (κ3) is 6.70. The number of aryl methyl sites for hydroxylation is 1. The van der Waals surface area contributed by atoms with Gasteiger partial charge in [0, 0.05) is 15.7 Å². The largest absolute Gasteiger partial charge is 0.454 e. The first-order valence-corrected chi connectivity index (χ1v) is 11.2. The lowest BCUT2D eigenvalue weighted by Gasteiger charge is -2.20. The molecule has 0 saturated carbocycles. The van der Waals surface area contributed by atoms with Gasteiger partial charge in [0.1, 0.15) is 6.04 Å². The molecule has 0 fully saturated rings. The molecule has 0 aliphatic heterocycles. The number of hydrogen-bond acceptors (Lipinski definition) is 5. The van der Waals surface area contributed by atoms with Crippen LogP contribution in [-0.4, -0.2) is 32.9 Å². The van der Waals surface area contributed by atoms with Crippen molar-refractivity contribution in [2.75, 3.05) is 11.9 Å². The van der Waals surface area contributed by atoms with Gasteiger partial charge in [0.25, 0.3) is 5.91 Å². The Morgan fingerprint density at radius 1 is 1.07 bits per heavy atom. The molecule has 10 heteroatoms. The third-order valence-electron chi connectivity index (χ3n) is 4.13. The summed E-state index contributed by atoms with van der Waals surface area (Å²) in [6.07, 6.45) is 0. The van der Waals surface area contributed by atoms with Crippen molar-refractivity contribution in [3.8, 4) is 0 Å². The molecule has 1 unspecified atom stereocenters. The van der Waals surface area contributed by atoms with Crippen LogP contribution in [0.25, 0.3) is 0 Å². The van der Waals surface area contributed by atoms with E-state index in [-0.39, 0.29) is 4.90 Å². The average Bonchev–Trinajstić information content (AvgIpc) is 2.67. The number of sulfonamides is 1. The fourth-order valence-electron chi connectivity index (χ4n) is 2.40. The highest BCUT2D eigenvalue weighted by molar-refractivity contribution is 7.89. The molecule has 2 rings (SSSR count). The number of nitrogens with one attached hydrogen (secondary N) is 2. The second kappa shape index (κ2) is 10.3. The molecular weight excluding hydrogens is 451 g/mol. The highest BCUT2D eigenvalue weighted by atomic mass is 35.5. The van der Waals surface area contributed by atoms with Crippen LogP contribution in [-0.2, 0) is 24.3 Å². The summed E-state index contributed by atoms with van der Waals surface area (Å²) >= 11 is 11.8. The minimum Gasteiger partial charge on any atom is -0.454 e. The Bertz CT molecular complexity index is 1020. The summed E-state index contributed by atoms with van der Waals surface area (Å²) < 4.78 is 32.4. The molecule has 0 spiro atoms. The first kappa shape index (κ1) is 24.1. The number of esters is 1. The number of benzene rings is 2. The zero-order valence-corrected chi connectivity index (χ0v) is 18.9. The van der Waals surface area contributed by atoms with Crippen LogP contribution in [0.1, 0.15) is 19.4 Å². The first-order valence-electron chi connectivity index (χ1n) is 9.00. The predicted molar refractivity (Wildman–Crippen MR) is 116 cm³/mol. The Morgan fingerprint density at radius 2 is 1.70 bits per heavy atom. The van der Waals surface area contributed by atoms with E-state index in [1.54, 1.807) is 32.0 Å². The van der Waals surface area contributed by atoms with Crippen LogP contribution in [0.4, 0.5) is 5.69 Å². The van der Waals surface area contributed by atoms with Crippen LogP contribution in [0.2, 0.25) is 10.0 Å². The summed E-state index contributed by atoms with van der Waals surface area (Å²) in [5.41, 5.74) is 1.31. The smallest absolute Gasteiger partial charge is 0.324 e. The Balaban J connectivity index is 2.00. The molecule has 0 heterocycles. The van der Waals surface area contributed by atoms with Gasteiger partial charge >= 0.3 is 5.97 Å². The average molecular weight is 473 g/mol. The molecule has 0 bridgehead atoms. The van der Waals surface area contributed by atoms with E-state index >= 15 is 0 Å². The molecule has 162 valence electrons. The van der Waals surface area contributed by atoms with Gasteiger partial charge < -0.3 is 10.1 Å². The summed E-state index contributed by atoms with van der Waals surface area (Å²) in [4.78, 5) is 24.5. The summed E-state index contributed by atoms with van der Waals surface area (Å²) in [5.74, 6) is -1.86. The molecule has 1 amide bonds. The second-order valence-electron chi connectivity index (χ2n) is 6.92. The zero-order chi connectivity index (χ0) is 22.5. The van der Waals surface area contributed by atoms with Crippen molar-refractivity contribution in [2.24, 2.45) is 5.92 Å². The topological polar surface area (TPSA) is 102 Å². The van der Waals surface area contributed by atoms with Crippen LogP contribution in [0.15, 0.2) is 47.4 Å². The number of carbonyl (C=O) groups is 2. The minimum absolute atomic E-state index is 0.0423. The maximum absolute atomic E-state index is 12.5. The maximum atomic E-state index is 12.5. The molecular formula is C20H22Cl2N2O5S. The fraction of sp³-hybridized carbons (Fsp3) is 0.300. The van der Waals surface area contributed by atoms with Crippen molar-refractivity contribution in [3.63, 3.8) is 0 Å². The van der Waals surface area contributed by atoms with Gasteiger partial charge in [-0.25, -0.2) is 8.42 Å². The number of anilines is 1. The van der Waals surface area contributed by atoms with E-state index in [4.69, 9.17) is 27.9 Å². The number of carbonyl (C=O) groups excluding carboxylic acids is 2. The van der Waals surface area contributed by atoms with Gasteiger partial charge in [-0.2, -0.15) is 4.72 Å². The summed E-state index contributed by atoms with van der Waals surface area (Å²) in [6, 6.07) is 9.32. The molecule has 2 N–H and O–H groups in total. The monoisotopic (exact) mass is 472 g/mol. The predicted octanol–water partition coefficient (Wildman–Crippen LogP) is 3.79. The van der Waals surface area contributed by atoms with Crippen molar-refractivity contribution >= 4 is 50.8 Å². The normalized spacial score (nSPS) is 12.5. The number of ether oxygens (including phenoxy) is 1. The second-order valence-corrected chi connectivity index (χ2v) is 9.47. The van der Waals surface area contributed by atoms with E-state index in [2.05, 4.69) is 10.0 Å². The molecule has 0 aliphatic carbocycles. The van der Waals surface area contributed by atoms with Crippen LogP contribution >= 0.6 is 23.2 Å². The zero-order valence-electron chi connectivity index (χ0n) is 16.6. The van der Waals surface area contributed by atoms with Gasteiger partial charge in [-0.15, -0.1) is 0 Å². The highest BCUT2D eigenvalue weighted by Crippen LogP contribution is 2.20. The molecule has 0 radical (unpaired) electrons. The Morgan fingerprint density at radius 3 is 2.27 bits per heavy atom. The van der Waals surface area contributed by atoms with E-state index in [9.17, 15) is 18.0 Å². The van der Waals surface area contributed by atoms with Gasteiger partial charge in [-0.3, -0.25) is 9.59 Å². The van der Waals surface area contributed by atoms with Gasteiger partial charge in [0.05, 0.1) is 4.90 Å². The highest BCUT2D eigenvalue weighted by Gasteiger charge is 2.30. The standard InChI is InChI=1S/C20H22Cl2N2O5S/c1-12(2)19(24-30(27,28)16-8-5-14(21)6-9-16)20(26)29-11-18(25)23-15-7-4-13(3)17(22)10-15/h4-10,12,19,24H,11H2,1-3H3,(H,23,25). The minimum atomic E-state index is -3.99. The number of amides is 1. The molecule has 1 atom stereocenters. The van der Waals surface area contributed by atoms with Gasteiger partial charge in [-0.1, -0.05) is 43.1 Å². The van der Waals surface area contributed by atoms with Crippen LogP contribution in [0.5, 0.6) is 0 Å². The summed E-state index contributed by atoms with van der Waals surface area (Å²) in [5, 5.41) is 3.43. The Labute approximate surface area is 185 Å². The lowest BCUT2D eigenvalue weighted by atomic mass is 10.1. The quantitative estimate of drug-likeness (QED) is 0.569. The van der Waals surface area contributed by atoms with Crippen LogP contribution in [0, 0.1) is 12.8 Å². The Hall–Kier alpha value is -2.13. The third-order valence-corrected chi connectivity index (χ3v) is 6.24. The fourth-order valence-corrected chi connectivity index (χ4v) is 4.04. The van der Waals surface area contributed by atoms with E-state index in [0.29, 0.717) is 15.7 Å². The van der Waals surface area contributed by atoms with E-state index in [1.807, 2.05) is 6.92 Å². The van der Waals surface area contributed by atoms with E-state index in [1.165, 1.54) is 24.3 Å². The molecule has 2 aromatic rings. The number of rotatable bonds is 8.